The number of aliphatic hydroxyl groups excluding tert-OH is 2. The van der Waals surface area contributed by atoms with E-state index in [0.29, 0.717) is 0 Å². The third-order valence-corrected chi connectivity index (χ3v) is 1.73. The lowest BCUT2D eigenvalue weighted by molar-refractivity contribution is -0.131. The molecule has 0 rings (SSSR count). The van der Waals surface area contributed by atoms with Crippen molar-refractivity contribution in [1.82, 2.24) is 0 Å². The van der Waals surface area contributed by atoms with Gasteiger partial charge in [-0.1, -0.05) is 13.8 Å². The van der Waals surface area contributed by atoms with E-state index in [1.165, 1.54) is 0 Å². The van der Waals surface area contributed by atoms with E-state index in [9.17, 15) is 9.90 Å². The van der Waals surface area contributed by atoms with E-state index in [4.69, 9.17) is 10.8 Å². The van der Waals surface area contributed by atoms with E-state index < -0.39 is 12.1 Å². The van der Waals surface area contributed by atoms with Gasteiger partial charge >= 0.3 is 0 Å². The second kappa shape index (κ2) is 5.24. The minimum atomic E-state index is -1.14. The molecule has 0 aliphatic rings. The Morgan fingerprint density at radius 2 is 2.00 bits per heavy atom. The molecule has 0 aromatic heterocycles. The fourth-order valence-corrected chi connectivity index (χ4v) is 0.859. The van der Waals surface area contributed by atoms with E-state index in [-0.39, 0.29) is 24.7 Å². The molecule has 4 N–H and O–H groups in total. The maximum atomic E-state index is 11.1. The van der Waals surface area contributed by atoms with Gasteiger partial charge in [-0.2, -0.15) is 0 Å². The van der Waals surface area contributed by atoms with Gasteiger partial charge in [-0.05, 0) is 6.42 Å². The summed E-state index contributed by atoms with van der Waals surface area (Å²) in [5.41, 5.74) is 5.44. The molecule has 0 radical (unpaired) electrons. The summed E-state index contributed by atoms with van der Waals surface area (Å²) >= 11 is 0. The molecule has 0 amide bonds. The van der Waals surface area contributed by atoms with Crippen molar-refractivity contribution in [3.63, 3.8) is 0 Å². The van der Waals surface area contributed by atoms with Gasteiger partial charge in [0.1, 0.15) is 6.10 Å². The zero-order chi connectivity index (χ0) is 9.72. The molecule has 0 aliphatic heterocycles. The number of carbonyl (C=O) groups excluding carboxylic acids is 1. The fourth-order valence-electron chi connectivity index (χ4n) is 0.859. The molecule has 72 valence electrons. The zero-order valence-electron chi connectivity index (χ0n) is 7.53. The van der Waals surface area contributed by atoms with Crippen LogP contribution in [0, 0.1) is 5.92 Å². The van der Waals surface area contributed by atoms with Crippen molar-refractivity contribution in [2.45, 2.75) is 32.4 Å². The zero-order valence-corrected chi connectivity index (χ0v) is 7.53. The van der Waals surface area contributed by atoms with E-state index in [1.807, 2.05) is 0 Å². The van der Waals surface area contributed by atoms with Gasteiger partial charge in [-0.15, -0.1) is 0 Å². The van der Waals surface area contributed by atoms with Crippen LogP contribution < -0.4 is 5.73 Å². The summed E-state index contributed by atoms with van der Waals surface area (Å²) in [6.07, 6.45) is -0.892. The van der Waals surface area contributed by atoms with E-state index in [0.717, 1.165) is 0 Å². The number of hydrogen-bond donors (Lipinski definition) is 3. The molecule has 1 unspecified atom stereocenters. The van der Waals surface area contributed by atoms with Gasteiger partial charge in [-0.25, -0.2) is 0 Å². The highest BCUT2D eigenvalue weighted by Gasteiger charge is 2.24. The SMILES string of the molecule is CC(C)C(=O)[C@@H](O)C(N)CCO. The van der Waals surface area contributed by atoms with Crippen molar-refractivity contribution in [3.8, 4) is 0 Å². The summed E-state index contributed by atoms with van der Waals surface area (Å²) in [4.78, 5) is 11.1. The van der Waals surface area contributed by atoms with Crippen molar-refractivity contribution in [2.75, 3.05) is 6.61 Å². The van der Waals surface area contributed by atoms with Crippen molar-refractivity contribution in [3.05, 3.63) is 0 Å². The number of carbonyl (C=O) groups is 1. The van der Waals surface area contributed by atoms with Crippen LogP contribution in [-0.4, -0.2) is 34.7 Å². The lowest BCUT2D eigenvalue weighted by Crippen LogP contribution is -2.42. The highest BCUT2D eigenvalue weighted by Crippen LogP contribution is 2.04. The van der Waals surface area contributed by atoms with E-state index in [2.05, 4.69) is 0 Å². The van der Waals surface area contributed by atoms with Crippen LogP contribution in [0.3, 0.4) is 0 Å². The Labute approximate surface area is 72.4 Å². The number of nitrogens with two attached hydrogens (primary N) is 1. The summed E-state index contributed by atoms with van der Waals surface area (Å²) in [5, 5.41) is 17.8. The molecule has 4 nitrogen and oxygen atoms in total. The average Bonchev–Trinajstić information content (AvgIpc) is 2.02. The summed E-state index contributed by atoms with van der Waals surface area (Å²) < 4.78 is 0. The van der Waals surface area contributed by atoms with Crippen LogP contribution in [0.4, 0.5) is 0 Å². The quantitative estimate of drug-likeness (QED) is 0.515. The van der Waals surface area contributed by atoms with Crippen LogP contribution in [-0.2, 0) is 4.79 Å². The van der Waals surface area contributed by atoms with Crippen LogP contribution in [0.1, 0.15) is 20.3 Å². The molecule has 0 spiro atoms. The van der Waals surface area contributed by atoms with Crippen LogP contribution in [0.15, 0.2) is 0 Å². The topological polar surface area (TPSA) is 83.5 Å². The second-order valence-electron chi connectivity index (χ2n) is 3.18. The normalized spacial score (nSPS) is 16.2. The first-order valence-corrected chi connectivity index (χ1v) is 4.09. The summed E-state index contributed by atoms with van der Waals surface area (Å²) in [5.74, 6) is -0.485. The Morgan fingerprint density at radius 1 is 1.50 bits per heavy atom. The van der Waals surface area contributed by atoms with Gasteiger partial charge in [0.25, 0.3) is 0 Å². The largest absolute Gasteiger partial charge is 0.396 e. The molecule has 12 heavy (non-hydrogen) atoms. The van der Waals surface area contributed by atoms with Gasteiger partial charge in [0.15, 0.2) is 5.78 Å². The summed E-state index contributed by atoms with van der Waals surface area (Å²) in [7, 11) is 0. The highest BCUT2D eigenvalue weighted by molar-refractivity contribution is 5.85. The number of Topliss-reactive ketones (excluding diaryl/α,β-unsaturated/α-hetero) is 1. The molecule has 0 saturated carbocycles. The summed E-state index contributed by atoms with van der Waals surface area (Å²) in [6.45, 7) is 3.30. The Morgan fingerprint density at radius 3 is 2.33 bits per heavy atom. The first-order valence-electron chi connectivity index (χ1n) is 4.09. The molecule has 0 fully saturated rings. The Bertz CT molecular complexity index is 147. The number of hydrogen-bond acceptors (Lipinski definition) is 4. The molecule has 2 atom stereocenters. The monoisotopic (exact) mass is 175 g/mol. The van der Waals surface area contributed by atoms with Gasteiger partial charge in [0.2, 0.25) is 0 Å². The first-order chi connectivity index (χ1) is 5.50. The maximum Gasteiger partial charge on any atom is 0.165 e. The maximum absolute atomic E-state index is 11.1. The molecule has 0 saturated heterocycles. The van der Waals surface area contributed by atoms with E-state index in [1.54, 1.807) is 13.8 Å². The van der Waals surface area contributed by atoms with Crippen molar-refractivity contribution in [2.24, 2.45) is 11.7 Å². The molecular formula is C8H17NO3. The minimum Gasteiger partial charge on any atom is -0.396 e. The first kappa shape index (κ1) is 11.6. The Hall–Kier alpha value is -0.450. The third-order valence-electron chi connectivity index (χ3n) is 1.73. The molecular weight excluding hydrogens is 158 g/mol. The van der Waals surface area contributed by atoms with Crippen LogP contribution in [0.5, 0.6) is 0 Å². The Kier molecular flexibility index (Phi) is 5.04. The second-order valence-corrected chi connectivity index (χ2v) is 3.18. The number of aliphatic hydroxyl groups is 2. The predicted octanol–water partition coefficient (Wildman–Crippen LogP) is -0.718. The van der Waals surface area contributed by atoms with Crippen molar-refractivity contribution in [1.29, 1.82) is 0 Å². The predicted molar refractivity (Wildman–Crippen MR) is 45.5 cm³/mol. The lowest BCUT2D eigenvalue weighted by atomic mass is 9.97. The Balaban J connectivity index is 4.00. The molecule has 0 aromatic rings. The molecule has 0 bridgehead atoms. The number of rotatable bonds is 5. The van der Waals surface area contributed by atoms with Crippen molar-refractivity contribution >= 4 is 5.78 Å². The lowest BCUT2D eigenvalue weighted by Gasteiger charge is -2.18. The van der Waals surface area contributed by atoms with Crippen LogP contribution >= 0.6 is 0 Å². The third kappa shape index (κ3) is 3.30. The summed E-state index contributed by atoms with van der Waals surface area (Å²) in [6, 6.07) is -0.648. The molecule has 0 heterocycles. The van der Waals surface area contributed by atoms with Gasteiger partial charge < -0.3 is 15.9 Å². The number of ketones is 1. The average molecular weight is 175 g/mol. The van der Waals surface area contributed by atoms with Crippen LogP contribution in [0.25, 0.3) is 0 Å². The van der Waals surface area contributed by atoms with Gasteiger partial charge in [0, 0.05) is 18.6 Å². The fraction of sp³-hybridized carbons (Fsp3) is 0.875. The standard InChI is InChI=1S/C8H17NO3/c1-5(2)7(11)8(12)6(9)3-4-10/h5-6,8,10,12H,3-4,9H2,1-2H3/t6?,8-/m0/s1. The molecule has 0 aliphatic carbocycles. The smallest absolute Gasteiger partial charge is 0.165 e. The van der Waals surface area contributed by atoms with Crippen molar-refractivity contribution < 1.29 is 15.0 Å². The van der Waals surface area contributed by atoms with Gasteiger partial charge in [-0.3, -0.25) is 4.79 Å². The molecule has 4 heteroatoms. The van der Waals surface area contributed by atoms with Crippen LogP contribution in [0.2, 0.25) is 0 Å². The van der Waals surface area contributed by atoms with Gasteiger partial charge in [0.05, 0.1) is 0 Å². The highest BCUT2D eigenvalue weighted by atomic mass is 16.3. The molecule has 0 aromatic carbocycles. The minimum absolute atomic E-state index is 0.108. The van der Waals surface area contributed by atoms with E-state index >= 15 is 0 Å².